The molecule has 0 unspecified atom stereocenters. The molecule has 0 bridgehead atoms. The molecule has 1 amide bonds. The fraction of sp³-hybridized carbons (Fsp3) is 0.150. The number of hydrogen-bond acceptors (Lipinski definition) is 4. The molecule has 0 aliphatic heterocycles. The summed E-state index contributed by atoms with van der Waals surface area (Å²) in [6.07, 6.45) is 0. The minimum absolute atomic E-state index is 0.321. The molecule has 2 aromatic heterocycles. The number of methoxy groups -OCH3 is 1. The highest BCUT2D eigenvalue weighted by Gasteiger charge is 2.13. The summed E-state index contributed by atoms with van der Waals surface area (Å²) in [4.78, 5) is 20.3. The second-order valence-corrected chi connectivity index (χ2v) is 6.92. The molecule has 3 N–H and O–H groups in total. The van der Waals surface area contributed by atoms with Crippen molar-refractivity contribution in [2.75, 3.05) is 12.4 Å². The predicted octanol–water partition coefficient (Wildman–Crippen LogP) is 4.48. The SMILES string of the molecule is COc1ccc(C(=O)Nc2cc(-c3nc4cc(C)c(C)cc4[nH]3)[nH]n2)cc1Cl. The third kappa shape index (κ3) is 3.32. The van der Waals surface area contributed by atoms with Crippen molar-refractivity contribution in [3.63, 3.8) is 0 Å². The maximum atomic E-state index is 12.4. The fourth-order valence-electron chi connectivity index (χ4n) is 2.90. The van der Waals surface area contributed by atoms with E-state index in [2.05, 4.69) is 45.4 Å². The Morgan fingerprint density at radius 3 is 2.68 bits per heavy atom. The number of nitrogens with zero attached hydrogens (tertiary/aromatic N) is 2. The lowest BCUT2D eigenvalue weighted by atomic mass is 10.1. The average molecular weight is 396 g/mol. The molecule has 0 aliphatic rings. The van der Waals surface area contributed by atoms with Gasteiger partial charge in [-0.25, -0.2) is 4.98 Å². The zero-order chi connectivity index (χ0) is 19.8. The molecule has 8 heteroatoms. The Balaban J connectivity index is 1.56. The summed E-state index contributed by atoms with van der Waals surface area (Å²) in [6, 6.07) is 10.7. The molecule has 0 atom stereocenters. The third-order valence-electron chi connectivity index (χ3n) is 4.59. The van der Waals surface area contributed by atoms with E-state index in [0.717, 1.165) is 11.0 Å². The Hall–Kier alpha value is -3.32. The van der Waals surface area contributed by atoms with Crippen LogP contribution in [0.15, 0.2) is 36.4 Å². The van der Waals surface area contributed by atoms with Crippen LogP contribution in [0, 0.1) is 13.8 Å². The average Bonchev–Trinajstić information content (AvgIpc) is 3.28. The number of carbonyl (C=O) groups is 1. The summed E-state index contributed by atoms with van der Waals surface area (Å²) >= 11 is 6.08. The Kier molecular flexibility index (Phi) is 4.52. The van der Waals surface area contributed by atoms with Gasteiger partial charge in [0.15, 0.2) is 11.6 Å². The molecule has 0 aliphatic carbocycles. The van der Waals surface area contributed by atoms with Gasteiger partial charge in [0, 0.05) is 11.6 Å². The van der Waals surface area contributed by atoms with E-state index in [4.69, 9.17) is 16.3 Å². The minimum Gasteiger partial charge on any atom is -0.495 e. The number of nitrogens with one attached hydrogen (secondary N) is 3. The standard InChI is InChI=1S/C20H18ClN5O2/c1-10-6-14-15(7-11(10)2)23-19(22-14)16-9-18(26-25-16)24-20(27)12-4-5-17(28-3)13(21)8-12/h4-9H,1-3H3,(H,22,23)(H2,24,25,26,27). The van der Waals surface area contributed by atoms with Crippen molar-refractivity contribution < 1.29 is 9.53 Å². The number of aryl methyl sites for hydroxylation is 2. The van der Waals surface area contributed by atoms with Gasteiger partial charge >= 0.3 is 0 Å². The molecular weight excluding hydrogens is 378 g/mol. The molecule has 142 valence electrons. The number of fused-ring (bicyclic) bond motifs is 1. The quantitative estimate of drug-likeness (QED) is 0.474. The van der Waals surface area contributed by atoms with Crippen molar-refractivity contribution in [3.8, 4) is 17.3 Å². The molecule has 4 aromatic rings. The maximum absolute atomic E-state index is 12.4. The van der Waals surface area contributed by atoms with E-state index in [1.807, 2.05) is 6.07 Å². The number of rotatable bonds is 4. The molecule has 28 heavy (non-hydrogen) atoms. The number of aromatic amines is 2. The van der Waals surface area contributed by atoms with Crippen LogP contribution in [-0.4, -0.2) is 33.2 Å². The summed E-state index contributed by atoms with van der Waals surface area (Å²) in [5, 5.41) is 10.1. The van der Waals surface area contributed by atoms with E-state index < -0.39 is 0 Å². The van der Waals surface area contributed by atoms with E-state index in [0.29, 0.717) is 33.7 Å². The summed E-state index contributed by atoms with van der Waals surface area (Å²) in [5.74, 6) is 1.23. The number of ether oxygens (including phenoxy) is 1. The first-order valence-corrected chi connectivity index (χ1v) is 9.00. The molecule has 0 saturated carbocycles. The topological polar surface area (TPSA) is 95.7 Å². The summed E-state index contributed by atoms with van der Waals surface area (Å²) in [5.41, 5.74) is 5.29. The Morgan fingerprint density at radius 1 is 1.14 bits per heavy atom. The monoisotopic (exact) mass is 395 g/mol. The van der Waals surface area contributed by atoms with Crippen molar-refractivity contribution in [2.24, 2.45) is 0 Å². The van der Waals surface area contributed by atoms with Crippen LogP contribution in [0.3, 0.4) is 0 Å². The van der Waals surface area contributed by atoms with E-state index in [1.54, 1.807) is 24.3 Å². The lowest BCUT2D eigenvalue weighted by Gasteiger charge is -2.05. The van der Waals surface area contributed by atoms with E-state index in [-0.39, 0.29) is 5.91 Å². The molecule has 7 nitrogen and oxygen atoms in total. The van der Waals surface area contributed by atoms with Crippen LogP contribution >= 0.6 is 11.6 Å². The number of aromatic nitrogens is 4. The summed E-state index contributed by atoms with van der Waals surface area (Å²) in [6.45, 7) is 4.11. The van der Waals surface area contributed by atoms with Crippen LogP contribution in [0.4, 0.5) is 5.82 Å². The van der Waals surface area contributed by atoms with Crippen LogP contribution in [0.5, 0.6) is 5.75 Å². The van der Waals surface area contributed by atoms with Gasteiger partial charge in [-0.15, -0.1) is 0 Å². The second kappa shape index (κ2) is 7.01. The number of anilines is 1. The molecule has 2 aromatic carbocycles. The highest BCUT2D eigenvalue weighted by molar-refractivity contribution is 6.32. The molecule has 0 fully saturated rings. The highest BCUT2D eigenvalue weighted by atomic mass is 35.5. The van der Waals surface area contributed by atoms with Gasteiger partial charge in [-0.1, -0.05) is 11.6 Å². The zero-order valence-electron chi connectivity index (χ0n) is 15.6. The highest BCUT2D eigenvalue weighted by Crippen LogP contribution is 2.26. The smallest absolute Gasteiger partial charge is 0.256 e. The number of amides is 1. The van der Waals surface area contributed by atoms with Crippen molar-refractivity contribution in [3.05, 3.63) is 58.1 Å². The third-order valence-corrected chi connectivity index (χ3v) is 4.88. The van der Waals surface area contributed by atoms with E-state index in [9.17, 15) is 4.79 Å². The first-order valence-electron chi connectivity index (χ1n) is 8.62. The molecule has 0 spiro atoms. The lowest BCUT2D eigenvalue weighted by Crippen LogP contribution is -2.12. The van der Waals surface area contributed by atoms with Crippen molar-refractivity contribution in [1.29, 1.82) is 0 Å². The summed E-state index contributed by atoms with van der Waals surface area (Å²) in [7, 11) is 1.52. The number of carbonyl (C=O) groups excluding carboxylic acids is 1. The van der Waals surface area contributed by atoms with Gasteiger partial charge in [0.25, 0.3) is 5.91 Å². The number of halogens is 1. The van der Waals surface area contributed by atoms with Crippen LogP contribution < -0.4 is 10.1 Å². The number of imidazole rings is 1. The first kappa shape index (κ1) is 18.1. The first-order chi connectivity index (χ1) is 13.4. The Labute approximate surface area is 166 Å². The van der Waals surface area contributed by atoms with Crippen molar-refractivity contribution in [2.45, 2.75) is 13.8 Å². The molecule has 0 saturated heterocycles. The van der Waals surface area contributed by atoms with Crippen LogP contribution in [0.2, 0.25) is 5.02 Å². The fourth-order valence-corrected chi connectivity index (χ4v) is 3.16. The molecule has 2 heterocycles. The van der Waals surface area contributed by atoms with Crippen molar-refractivity contribution in [1.82, 2.24) is 20.2 Å². The van der Waals surface area contributed by atoms with Crippen LogP contribution in [0.25, 0.3) is 22.6 Å². The van der Waals surface area contributed by atoms with Gasteiger partial charge in [-0.05, 0) is 55.3 Å². The van der Waals surface area contributed by atoms with Gasteiger partial charge < -0.3 is 15.0 Å². The van der Waals surface area contributed by atoms with Gasteiger partial charge in [-0.2, -0.15) is 5.10 Å². The van der Waals surface area contributed by atoms with Gasteiger partial charge in [0.05, 0.1) is 23.2 Å². The lowest BCUT2D eigenvalue weighted by molar-refractivity contribution is 0.102. The largest absolute Gasteiger partial charge is 0.495 e. The molecule has 4 rings (SSSR count). The second-order valence-electron chi connectivity index (χ2n) is 6.51. The Bertz CT molecular complexity index is 1160. The number of H-pyrrole nitrogens is 2. The van der Waals surface area contributed by atoms with E-state index >= 15 is 0 Å². The summed E-state index contributed by atoms with van der Waals surface area (Å²) < 4.78 is 5.10. The van der Waals surface area contributed by atoms with Gasteiger partial charge in [-0.3, -0.25) is 9.89 Å². The zero-order valence-corrected chi connectivity index (χ0v) is 16.3. The van der Waals surface area contributed by atoms with Crippen LogP contribution in [0.1, 0.15) is 21.5 Å². The van der Waals surface area contributed by atoms with Crippen LogP contribution in [-0.2, 0) is 0 Å². The van der Waals surface area contributed by atoms with Crippen molar-refractivity contribution >= 4 is 34.4 Å². The van der Waals surface area contributed by atoms with Gasteiger partial charge in [0.1, 0.15) is 11.4 Å². The number of hydrogen-bond donors (Lipinski definition) is 3. The number of benzene rings is 2. The predicted molar refractivity (Wildman–Crippen MR) is 109 cm³/mol. The minimum atomic E-state index is -0.321. The Morgan fingerprint density at radius 2 is 1.93 bits per heavy atom. The molecular formula is C20H18ClN5O2. The van der Waals surface area contributed by atoms with E-state index in [1.165, 1.54) is 18.2 Å². The molecule has 0 radical (unpaired) electrons. The normalized spacial score (nSPS) is 11.0. The van der Waals surface area contributed by atoms with Gasteiger partial charge in [0.2, 0.25) is 0 Å². The maximum Gasteiger partial charge on any atom is 0.256 e.